The summed E-state index contributed by atoms with van der Waals surface area (Å²) < 4.78 is 1.50. The zero-order valence-corrected chi connectivity index (χ0v) is 9.44. The molecule has 0 unspecified atom stereocenters. The molecule has 0 atom stereocenters. The fourth-order valence-electron chi connectivity index (χ4n) is 1.17. The summed E-state index contributed by atoms with van der Waals surface area (Å²) in [6.45, 7) is 0. The number of hydrogen-bond acceptors (Lipinski definition) is 4. The topological polar surface area (TPSA) is 59.3 Å². The molecule has 0 aromatic carbocycles. The van der Waals surface area contributed by atoms with Crippen LogP contribution in [-0.4, -0.2) is 21.9 Å². The first-order chi connectivity index (χ1) is 7.77. The Labute approximate surface area is 96.4 Å². The molecule has 1 amide bonds. The van der Waals surface area contributed by atoms with Gasteiger partial charge in [0, 0.05) is 18.1 Å². The number of nitrogens with zero attached hydrogens (tertiary/aromatic N) is 3. The van der Waals surface area contributed by atoms with Crippen LogP contribution in [0.1, 0.15) is 15.4 Å². The Bertz CT molecular complexity index is 501. The maximum absolute atomic E-state index is 11.6. The third-order valence-corrected chi connectivity index (χ3v) is 2.76. The SMILES string of the molecule is Cn1nccc1C(=O)N/N=C/c1cccs1. The Kier molecular flexibility index (Phi) is 3.11. The summed E-state index contributed by atoms with van der Waals surface area (Å²) in [6, 6.07) is 5.48. The molecule has 0 aliphatic rings. The highest BCUT2D eigenvalue weighted by molar-refractivity contribution is 7.11. The van der Waals surface area contributed by atoms with Gasteiger partial charge in [0.1, 0.15) is 5.69 Å². The quantitative estimate of drug-likeness (QED) is 0.641. The second kappa shape index (κ2) is 4.71. The summed E-state index contributed by atoms with van der Waals surface area (Å²) in [7, 11) is 1.71. The minimum Gasteiger partial charge on any atom is -0.266 e. The zero-order valence-electron chi connectivity index (χ0n) is 8.62. The van der Waals surface area contributed by atoms with Gasteiger partial charge >= 0.3 is 0 Å². The van der Waals surface area contributed by atoms with E-state index in [9.17, 15) is 4.79 Å². The van der Waals surface area contributed by atoms with Crippen LogP contribution in [0.25, 0.3) is 0 Å². The lowest BCUT2D eigenvalue weighted by Gasteiger charge is -1.98. The van der Waals surface area contributed by atoms with Gasteiger partial charge in [0.15, 0.2) is 0 Å². The summed E-state index contributed by atoms with van der Waals surface area (Å²) in [5, 5.41) is 9.71. The normalized spacial score (nSPS) is 10.8. The largest absolute Gasteiger partial charge is 0.289 e. The van der Waals surface area contributed by atoms with E-state index in [-0.39, 0.29) is 5.91 Å². The van der Waals surface area contributed by atoms with Gasteiger partial charge in [-0.2, -0.15) is 10.2 Å². The third-order valence-electron chi connectivity index (χ3n) is 1.95. The van der Waals surface area contributed by atoms with E-state index >= 15 is 0 Å². The van der Waals surface area contributed by atoms with Crippen molar-refractivity contribution in [1.29, 1.82) is 0 Å². The first-order valence-corrected chi connectivity index (χ1v) is 5.50. The van der Waals surface area contributed by atoms with E-state index in [1.165, 1.54) is 4.68 Å². The number of carbonyl (C=O) groups is 1. The molecule has 1 N–H and O–H groups in total. The summed E-state index contributed by atoms with van der Waals surface area (Å²) in [5.74, 6) is -0.271. The molecule has 0 radical (unpaired) electrons. The maximum atomic E-state index is 11.6. The Hall–Kier alpha value is -1.95. The minimum absolute atomic E-state index is 0.271. The average molecular weight is 234 g/mol. The van der Waals surface area contributed by atoms with Crippen LogP contribution in [0.2, 0.25) is 0 Å². The van der Waals surface area contributed by atoms with Crippen LogP contribution in [0, 0.1) is 0 Å². The first-order valence-electron chi connectivity index (χ1n) is 4.62. The van der Waals surface area contributed by atoms with Gasteiger partial charge in [-0.15, -0.1) is 11.3 Å². The Morgan fingerprint density at radius 3 is 3.12 bits per heavy atom. The predicted octanol–water partition coefficient (Wildman–Crippen LogP) is 1.25. The molecule has 0 saturated carbocycles. The Morgan fingerprint density at radius 1 is 1.62 bits per heavy atom. The summed E-state index contributed by atoms with van der Waals surface area (Å²) in [6.07, 6.45) is 3.18. The molecule has 0 saturated heterocycles. The van der Waals surface area contributed by atoms with E-state index in [0.717, 1.165) is 4.88 Å². The number of carbonyl (C=O) groups excluding carboxylic acids is 1. The zero-order chi connectivity index (χ0) is 11.4. The Balaban J connectivity index is 1.97. The minimum atomic E-state index is -0.271. The molecular formula is C10H10N4OS. The van der Waals surface area contributed by atoms with Gasteiger partial charge in [-0.1, -0.05) is 6.07 Å². The smallest absolute Gasteiger partial charge is 0.266 e. The van der Waals surface area contributed by atoms with E-state index in [0.29, 0.717) is 5.69 Å². The highest BCUT2D eigenvalue weighted by Gasteiger charge is 2.07. The molecule has 16 heavy (non-hydrogen) atoms. The maximum Gasteiger partial charge on any atom is 0.289 e. The summed E-state index contributed by atoms with van der Waals surface area (Å²) in [4.78, 5) is 12.6. The summed E-state index contributed by atoms with van der Waals surface area (Å²) in [5.41, 5.74) is 2.92. The molecule has 2 aromatic rings. The van der Waals surface area contributed by atoms with E-state index in [2.05, 4.69) is 15.6 Å². The fraction of sp³-hybridized carbons (Fsp3) is 0.100. The Morgan fingerprint density at radius 2 is 2.50 bits per heavy atom. The third kappa shape index (κ3) is 2.34. The molecule has 0 aliphatic carbocycles. The van der Waals surface area contributed by atoms with Crippen molar-refractivity contribution in [1.82, 2.24) is 15.2 Å². The van der Waals surface area contributed by atoms with Gasteiger partial charge in [-0.05, 0) is 17.5 Å². The second-order valence-corrected chi connectivity index (χ2v) is 4.03. The van der Waals surface area contributed by atoms with Crippen LogP contribution in [0.15, 0.2) is 34.9 Å². The van der Waals surface area contributed by atoms with Crippen LogP contribution in [0.5, 0.6) is 0 Å². The highest BCUT2D eigenvalue weighted by atomic mass is 32.1. The molecule has 2 aromatic heterocycles. The lowest BCUT2D eigenvalue weighted by Crippen LogP contribution is -2.20. The molecule has 0 aliphatic heterocycles. The van der Waals surface area contributed by atoms with Crippen molar-refractivity contribution in [3.63, 3.8) is 0 Å². The molecule has 2 heterocycles. The van der Waals surface area contributed by atoms with E-state index < -0.39 is 0 Å². The number of hydrogen-bond donors (Lipinski definition) is 1. The van der Waals surface area contributed by atoms with Crippen molar-refractivity contribution in [2.75, 3.05) is 0 Å². The monoisotopic (exact) mass is 234 g/mol. The first kappa shape index (κ1) is 10.6. The number of hydrazone groups is 1. The summed E-state index contributed by atoms with van der Waals surface area (Å²) >= 11 is 1.56. The van der Waals surface area contributed by atoms with E-state index in [1.54, 1.807) is 36.9 Å². The van der Waals surface area contributed by atoms with Gasteiger partial charge in [-0.25, -0.2) is 5.43 Å². The number of rotatable bonds is 3. The predicted molar refractivity (Wildman–Crippen MR) is 62.6 cm³/mol. The molecule has 0 bridgehead atoms. The fourth-order valence-corrected chi connectivity index (χ4v) is 1.76. The number of aromatic nitrogens is 2. The van der Waals surface area contributed by atoms with Crippen molar-refractivity contribution < 1.29 is 4.79 Å². The number of thiophene rings is 1. The van der Waals surface area contributed by atoms with Crippen LogP contribution in [-0.2, 0) is 7.05 Å². The van der Waals surface area contributed by atoms with Gasteiger partial charge < -0.3 is 0 Å². The van der Waals surface area contributed by atoms with Crippen molar-refractivity contribution in [2.24, 2.45) is 12.1 Å². The second-order valence-electron chi connectivity index (χ2n) is 3.05. The average Bonchev–Trinajstić information content (AvgIpc) is 2.88. The van der Waals surface area contributed by atoms with Crippen LogP contribution >= 0.6 is 11.3 Å². The lowest BCUT2D eigenvalue weighted by atomic mass is 10.4. The number of aryl methyl sites for hydroxylation is 1. The van der Waals surface area contributed by atoms with E-state index in [4.69, 9.17) is 0 Å². The molecule has 5 nitrogen and oxygen atoms in total. The molecule has 82 valence electrons. The number of amides is 1. The van der Waals surface area contributed by atoms with E-state index in [1.807, 2.05) is 17.5 Å². The number of nitrogens with one attached hydrogen (secondary N) is 1. The van der Waals surface area contributed by atoms with Crippen molar-refractivity contribution in [2.45, 2.75) is 0 Å². The van der Waals surface area contributed by atoms with Crippen molar-refractivity contribution in [3.05, 3.63) is 40.3 Å². The van der Waals surface area contributed by atoms with Crippen LogP contribution in [0.4, 0.5) is 0 Å². The van der Waals surface area contributed by atoms with Gasteiger partial charge in [0.2, 0.25) is 0 Å². The van der Waals surface area contributed by atoms with Gasteiger partial charge in [0.05, 0.1) is 6.21 Å². The standard InChI is InChI=1S/C10H10N4OS/c1-14-9(4-5-12-14)10(15)13-11-7-8-3-2-6-16-8/h2-7H,1H3,(H,13,15)/b11-7+. The van der Waals surface area contributed by atoms with Crippen molar-refractivity contribution >= 4 is 23.5 Å². The molecule has 2 rings (SSSR count). The van der Waals surface area contributed by atoms with Crippen LogP contribution in [0.3, 0.4) is 0 Å². The van der Waals surface area contributed by atoms with Gasteiger partial charge in [0.25, 0.3) is 5.91 Å². The molecule has 6 heteroatoms. The lowest BCUT2D eigenvalue weighted by molar-refractivity contribution is 0.0946. The van der Waals surface area contributed by atoms with Gasteiger partial charge in [-0.3, -0.25) is 9.48 Å². The van der Waals surface area contributed by atoms with Crippen molar-refractivity contribution in [3.8, 4) is 0 Å². The molecular weight excluding hydrogens is 224 g/mol. The molecule has 0 fully saturated rings. The van der Waals surface area contributed by atoms with Crippen LogP contribution < -0.4 is 5.43 Å². The highest BCUT2D eigenvalue weighted by Crippen LogP contribution is 2.04. The molecule has 0 spiro atoms.